The van der Waals surface area contributed by atoms with E-state index in [1.54, 1.807) is 7.11 Å². The Kier molecular flexibility index (Phi) is 2.05. The van der Waals surface area contributed by atoms with Crippen LogP contribution < -0.4 is 10.5 Å². The van der Waals surface area contributed by atoms with Crippen LogP contribution >= 0.6 is 0 Å². The number of para-hydroxylation sites is 1. The summed E-state index contributed by atoms with van der Waals surface area (Å²) in [5.41, 5.74) is 8.16. The summed E-state index contributed by atoms with van der Waals surface area (Å²) in [5, 5.41) is 0. The van der Waals surface area contributed by atoms with E-state index in [1.807, 2.05) is 12.1 Å². The zero-order chi connectivity index (χ0) is 11.2. The molecule has 2 nitrogen and oxygen atoms in total. The van der Waals surface area contributed by atoms with Crippen LogP contribution in [-0.2, 0) is 5.54 Å². The van der Waals surface area contributed by atoms with Crippen molar-refractivity contribution in [1.82, 2.24) is 0 Å². The Morgan fingerprint density at radius 1 is 1.19 bits per heavy atom. The molecule has 0 radical (unpaired) electrons. The molecule has 0 aromatic heterocycles. The average molecular weight is 217 g/mol. The molecule has 0 heterocycles. The normalized spacial score (nSPS) is 24.6. The number of hydrogen-bond acceptors (Lipinski definition) is 2. The topological polar surface area (TPSA) is 35.2 Å². The molecular formula is C14H19NO. The highest BCUT2D eigenvalue weighted by molar-refractivity contribution is 5.41. The standard InChI is InChI=1S/C14H19NO/c1-16-12-6-3-2-5-11(12)14(15)9-13(10-14)7-4-8-13/h2-3,5-6H,4,7-10,15H2,1H3. The third-order valence-electron chi connectivity index (χ3n) is 4.44. The molecular weight excluding hydrogens is 198 g/mol. The van der Waals surface area contributed by atoms with Gasteiger partial charge in [0, 0.05) is 11.1 Å². The molecule has 1 aromatic carbocycles. The van der Waals surface area contributed by atoms with Crippen LogP contribution in [0.15, 0.2) is 24.3 Å². The van der Waals surface area contributed by atoms with E-state index >= 15 is 0 Å². The van der Waals surface area contributed by atoms with Gasteiger partial charge in [0.05, 0.1) is 7.11 Å². The van der Waals surface area contributed by atoms with Crippen LogP contribution in [0.5, 0.6) is 5.75 Å². The average Bonchev–Trinajstić information content (AvgIpc) is 2.22. The monoisotopic (exact) mass is 217 g/mol. The molecule has 0 amide bonds. The Morgan fingerprint density at radius 3 is 2.44 bits per heavy atom. The van der Waals surface area contributed by atoms with Crippen LogP contribution in [0.1, 0.15) is 37.7 Å². The van der Waals surface area contributed by atoms with Crippen LogP contribution in [0.25, 0.3) is 0 Å². The highest BCUT2D eigenvalue weighted by Gasteiger charge is 2.56. The van der Waals surface area contributed by atoms with Gasteiger partial charge in [-0.15, -0.1) is 0 Å². The van der Waals surface area contributed by atoms with Crippen LogP contribution in [-0.4, -0.2) is 7.11 Å². The molecule has 0 atom stereocenters. The summed E-state index contributed by atoms with van der Waals surface area (Å²) in [7, 11) is 1.72. The predicted octanol–water partition coefficient (Wildman–Crippen LogP) is 2.81. The van der Waals surface area contributed by atoms with Crippen LogP contribution in [0, 0.1) is 5.41 Å². The summed E-state index contributed by atoms with van der Waals surface area (Å²) in [4.78, 5) is 0. The maximum atomic E-state index is 6.51. The van der Waals surface area contributed by atoms with Crippen molar-refractivity contribution in [2.24, 2.45) is 11.1 Å². The van der Waals surface area contributed by atoms with Crippen molar-refractivity contribution in [3.8, 4) is 5.75 Å². The Bertz CT molecular complexity index is 401. The number of ether oxygens (including phenoxy) is 1. The quantitative estimate of drug-likeness (QED) is 0.826. The molecule has 2 N–H and O–H groups in total. The van der Waals surface area contributed by atoms with Crippen LogP contribution in [0.4, 0.5) is 0 Å². The minimum Gasteiger partial charge on any atom is -0.496 e. The minimum absolute atomic E-state index is 0.132. The van der Waals surface area contributed by atoms with Gasteiger partial charge in [-0.1, -0.05) is 24.6 Å². The van der Waals surface area contributed by atoms with Crippen molar-refractivity contribution < 1.29 is 4.74 Å². The van der Waals surface area contributed by atoms with E-state index in [-0.39, 0.29) is 5.54 Å². The molecule has 2 aliphatic carbocycles. The van der Waals surface area contributed by atoms with E-state index in [0.29, 0.717) is 5.41 Å². The summed E-state index contributed by atoms with van der Waals surface area (Å²) >= 11 is 0. The van der Waals surface area contributed by atoms with Gasteiger partial charge in [-0.25, -0.2) is 0 Å². The van der Waals surface area contributed by atoms with Gasteiger partial charge in [-0.3, -0.25) is 0 Å². The third-order valence-corrected chi connectivity index (χ3v) is 4.44. The Labute approximate surface area is 96.8 Å². The van der Waals surface area contributed by atoms with Gasteiger partial charge in [0.25, 0.3) is 0 Å². The molecule has 2 fully saturated rings. The molecule has 0 unspecified atom stereocenters. The Hall–Kier alpha value is -1.02. The highest BCUT2D eigenvalue weighted by atomic mass is 16.5. The molecule has 2 saturated carbocycles. The largest absolute Gasteiger partial charge is 0.496 e. The number of benzene rings is 1. The maximum absolute atomic E-state index is 6.51. The smallest absolute Gasteiger partial charge is 0.123 e. The number of methoxy groups -OCH3 is 1. The van der Waals surface area contributed by atoms with Gasteiger partial charge in [0.1, 0.15) is 5.75 Å². The summed E-state index contributed by atoms with van der Waals surface area (Å²) < 4.78 is 5.41. The zero-order valence-electron chi connectivity index (χ0n) is 9.83. The van der Waals surface area contributed by atoms with Crippen molar-refractivity contribution in [2.75, 3.05) is 7.11 Å². The second-order valence-corrected chi connectivity index (χ2v) is 5.56. The first kappa shape index (κ1) is 10.2. The summed E-state index contributed by atoms with van der Waals surface area (Å²) in [6.45, 7) is 0. The lowest BCUT2D eigenvalue weighted by Crippen LogP contribution is -2.58. The van der Waals surface area contributed by atoms with E-state index in [4.69, 9.17) is 10.5 Å². The highest BCUT2D eigenvalue weighted by Crippen LogP contribution is 2.63. The molecule has 1 spiro atoms. The Balaban J connectivity index is 1.87. The summed E-state index contributed by atoms with van der Waals surface area (Å²) in [6, 6.07) is 8.18. The van der Waals surface area contributed by atoms with Crippen molar-refractivity contribution in [2.45, 2.75) is 37.6 Å². The molecule has 16 heavy (non-hydrogen) atoms. The van der Waals surface area contributed by atoms with Gasteiger partial charge in [-0.05, 0) is 37.2 Å². The molecule has 86 valence electrons. The van der Waals surface area contributed by atoms with Crippen LogP contribution in [0.2, 0.25) is 0 Å². The minimum atomic E-state index is -0.132. The summed E-state index contributed by atoms with van der Waals surface area (Å²) in [6.07, 6.45) is 6.42. The van der Waals surface area contributed by atoms with Crippen molar-refractivity contribution in [3.05, 3.63) is 29.8 Å². The molecule has 1 aromatic rings. The lowest BCUT2D eigenvalue weighted by molar-refractivity contribution is -0.0470. The molecule has 0 aliphatic heterocycles. The van der Waals surface area contributed by atoms with Gasteiger partial charge < -0.3 is 10.5 Å². The molecule has 2 heteroatoms. The first-order valence-corrected chi connectivity index (χ1v) is 6.10. The van der Waals surface area contributed by atoms with E-state index < -0.39 is 0 Å². The van der Waals surface area contributed by atoms with E-state index in [9.17, 15) is 0 Å². The van der Waals surface area contributed by atoms with E-state index in [0.717, 1.165) is 18.6 Å². The SMILES string of the molecule is COc1ccccc1C1(N)CC2(CCC2)C1. The molecule has 0 bridgehead atoms. The fraction of sp³-hybridized carbons (Fsp3) is 0.571. The number of rotatable bonds is 2. The van der Waals surface area contributed by atoms with E-state index in [2.05, 4.69) is 12.1 Å². The fourth-order valence-electron chi connectivity index (χ4n) is 3.56. The van der Waals surface area contributed by atoms with Gasteiger partial charge in [0.15, 0.2) is 0 Å². The van der Waals surface area contributed by atoms with Crippen molar-refractivity contribution in [1.29, 1.82) is 0 Å². The van der Waals surface area contributed by atoms with E-state index in [1.165, 1.54) is 24.8 Å². The Morgan fingerprint density at radius 2 is 1.88 bits per heavy atom. The second kappa shape index (κ2) is 3.24. The third kappa shape index (κ3) is 1.29. The molecule has 3 rings (SSSR count). The predicted molar refractivity (Wildman–Crippen MR) is 64.4 cm³/mol. The second-order valence-electron chi connectivity index (χ2n) is 5.56. The lowest BCUT2D eigenvalue weighted by atomic mass is 9.47. The maximum Gasteiger partial charge on any atom is 0.123 e. The molecule has 2 aliphatic rings. The zero-order valence-corrected chi connectivity index (χ0v) is 9.83. The van der Waals surface area contributed by atoms with Crippen LogP contribution in [0.3, 0.4) is 0 Å². The first-order chi connectivity index (χ1) is 7.68. The number of hydrogen-bond donors (Lipinski definition) is 1. The lowest BCUT2D eigenvalue weighted by Gasteiger charge is -2.60. The molecule has 0 saturated heterocycles. The number of nitrogens with two attached hydrogens (primary N) is 1. The first-order valence-electron chi connectivity index (χ1n) is 6.10. The summed E-state index contributed by atoms with van der Waals surface area (Å²) in [5.74, 6) is 0.944. The van der Waals surface area contributed by atoms with Gasteiger partial charge >= 0.3 is 0 Å². The van der Waals surface area contributed by atoms with Crippen molar-refractivity contribution in [3.63, 3.8) is 0 Å². The van der Waals surface area contributed by atoms with Gasteiger partial charge in [-0.2, -0.15) is 0 Å². The van der Waals surface area contributed by atoms with Gasteiger partial charge in [0.2, 0.25) is 0 Å². The van der Waals surface area contributed by atoms with Crippen molar-refractivity contribution >= 4 is 0 Å². The fourth-order valence-corrected chi connectivity index (χ4v) is 3.56.